The lowest BCUT2D eigenvalue weighted by atomic mass is 10.1. The van der Waals surface area contributed by atoms with Crippen molar-refractivity contribution in [2.24, 2.45) is 0 Å². The van der Waals surface area contributed by atoms with Crippen LogP contribution >= 0.6 is 27.7 Å². The summed E-state index contributed by atoms with van der Waals surface area (Å²) in [4.78, 5) is 36.6. The average molecular weight is 521 g/mol. The fraction of sp³-hybridized carbons (Fsp3) is 0.273. The molecule has 0 N–H and O–H groups in total. The highest BCUT2D eigenvalue weighted by Gasteiger charge is 2.36. The van der Waals surface area contributed by atoms with Crippen LogP contribution in [0.25, 0.3) is 6.08 Å². The third-order valence-electron chi connectivity index (χ3n) is 4.53. The molecule has 1 aliphatic heterocycles. The predicted octanol–water partition coefficient (Wildman–Crippen LogP) is 5.78. The Morgan fingerprint density at radius 3 is 2.38 bits per heavy atom. The Kier molecular flexibility index (Phi) is 7.57. The van der Waals surface area contributed by atoms with E-state index in [1.165, 1.54) is 17.0 Å². The van der Waals surface area contributed by atoms with E-state index in [9.17, 15) is 19.7 Å². The fourth-order valence-electron chi connectivity index (χ4n) is 2.98. The van der Waals surface area contributed by atoms with Gasteiger partial charge in [0.25, 0.3) is 16.8 Å². The zero-order chi connectivity index (χ0) is 23.4. The number of carbonyl (C=O) groups excluding carboxylic acids is 2. The molecule has 32 heavy (non-hydrogen) atoms. The van der Waals surface area contributed by atoms with Crippen LogP contribution in [0.3, 0.4) is 0 Å². The van der Waals surface area contributed by atoms with Crippen LogP contribution in [0, 0.1) is 10.1 Å². The van der Waals surface area contributed by atoms with Gasteiger partial charge in [-0.3, -0.25) is 24.6 Å². The van der Waals surface area contributed by atoms with E-state index in [1.54, 1.807) is 44.2 Å². The summed E-state index contributed by atoms with van der Waals surface area (Å²) in [5.74, 6) is 0.634. The molecule has 0 aliphatic carbocycles. The number of nitro groups is 1. The van der Waals surface area contributed by atoms with Crippen molar-refractivity contribution in [3.8, 4) is 11.5 Å². The van der Waals surface area contributed by atoms with Crippen LogP contribution in [-0.2, 0) is 11.4 Å². The molecule has 0 spiro atoms. The molecule has 1 saturated heterocycles. The summed E-state index contributed by atoms with van der Waals surface area (Å²) >= 11 is 4.40. The smallest absolute Gasteiger partial charge is 0.293 e. The number of nitrogens with zero attached hydrogens (tertiary/aromatic N) is 2. The van der Waals surface area contributed by atoms with E-state index in [4.69, 9.17) is 9.47 Å². The van der Waals surface area contributed by atoms with Gasteiger partial charge in [-0.05, 0) is 74.0 Å². The number of hydrogen-bond donors (Lipinski definition) is 0. The highest BCUT2D eigenvalue weighted by Crippen LogP contribution is 2.39. The second-order valence-electron chi connectivity index (χ2n) is 7.11. The predicted molar refractivity (Wildman–Crippen MR) is 126 cm³/mol. The number of nitro benzene ring substituents is 1. The van der Waals surface area contributed by atoms with Gasteiger partial charge >= 0.3 is 0 Å². The maximum absolute atomic E-state index is 12.6. The summed E-state index contributed by atoms with van der Waals surface area (Å²) in [5, 5.41) is 10.5. The van der Waals surface area contributed by atoms with Crippen molar-refractivity contribution in [3.63, 3.8) is 0 Å². The van der Waals surface area contributed by atoms with Gasteiger partial charge < -0.3 is 9.47 Å². The fourth-order valence-corrected chi connectivity index (χ4v) is 4.37. The SMILES string of the molecule is CCOc1cc(/C=C2/SC(=O)N(C(C)C)C2=O)c(Br)cc1OCc1ccc([N+](=O)[O-])cc1. The van der Waals surface area contributed by atoms with Crippen LogP contribution in [0.4, 0.5) is 10.5 Å². The molecule has 3 rings (SSSR count). The Labute approximate surface area is 197 Å². The van der Waals surface area contributed by atoms with E-state index in [2.05, 4.69) is 15.9 Å². The van der Waals surface area contributed by atoms with Gasteiger partial charge in [-0.2, -0.15) is 0 Å². The van der Waals surface area contributed by atoms with Crippen molar-refractivity contribution in [1.29, 1.82) is 0 Å². The van der Waals surface area contributed by atoms with E-state index >= 15 is 0 Å². The Hall–Kier alpha value is -2.85. The minimum absolute atomic E-state index is 0.0118. The van der Waals surface area contributed by atoms with E-state index in [0.29, 0.717) is 33.0 Å². The Morgan fingerprint density at radius 1 is 1.16 bits per heavy atom. The van der Waals surface area contributed by atoms with Crippen LogP contribution in [0.5, 0.6) is 11.5 Å². The van der Waals surface area contributed by atoms with Crippen molar-refractivity contribution >= 4 is 50.6 Å². The van der Waals surface area contributed by atoms with Crippen LogP contribution in [0.15, 0.2) is 45.8 Å². The van der Waals surface area contributed by atoms with Crippen LogP contribution in [-0.4, -0.2) is 33.6 Å². The van der Waals surface area contributed by atoms with Gasteiger partial charge in [-0.25, -0.2) is 0 Å². The number of ether oxygens (including phenoxy) is 2. The van der Waals surface area contributed by atoms with Gasteiger partial charge in [0.2, 0.25) is 0 Å². The van der Waals surface area contributed by atoms with Gasteiger partial charge in [0.15, 0.2) is 11.5 Å². The first-order chi connectivity index (χ1) is 15.2. The first-order valence-corrected chi connectivity index (χ1v) is 11.4. The van der Waals surface area contributed by atoms with Gasteiger partial charge in [-0.1, -0.05) is 15.9 Å². The lowest BCUT2D eigenvalue weighted by molar-refractivity contribution is -0.384. The Morgan fingerprint density at radius 2 is 1.81 bits per heavy atom. The summed E-state index contributed by atoms with van der Waals surface area (Å²) in [6.45, 7) is 6.02. The maximum Gasteiger partial charge on any atom is 0.293 e. The minimum Gasteiger partial charge on any atom is -0.490 e. The molecule has 0 atom stereocenters. The topological polar surface area (TPSA) is 99.0 Å². The summed E-state index contributed by atoms with van der Waals surface area (Å²) < 4.78 is 12.3. The van der Waals surface area contributed by atoms with Gasteiger partial charge in [0.05, 0.1) is 16.4 Å². The number of hydrogen-bond acceptors (Lipinski definition) is 7. The summed E-state index contributed by atoms with van der Waals surface area (Å²) in [7, 11) is 0. The highest BCUT2D eigenvalue weighted by atomic mass is 79.9. The van der Waals surface area contributed by atoms with Crippen LogP contribution in [0.2, 0.25) is 0 Å². The van der Waals surface area contributed by atoms with Crippen LogP contribution in [0.1, 0.15) is 31.9 Å². The van der Waals surface area contributed by atoms with Crippen molar-refractivity contribution in [2.45, 2.75) is 33.4 Å². The maximum atomic E-state index is 12.6. The van der Waals surface area contributed by atoms with E-state index < -0.39 is 4.92 Å². The van der Waals surface area contributed by atoms with Crippen LogP contribution < -0.4 is 9.47 Å². The molecule has 8 nitrogen and oxygen atoms in total. The molecular formula is C22H21BrN2O6S. The van der Waals surface area contributed by atoms with Crippen molar-refractivity contribution in [3.05, 3.63) is 67.0 Å². The lowest BCUT2D eigenvalue weighted by Crippen LogP contribution is -2.34. The van der Waals surface area contributed by atoms with E-state index in [1.807, 2.05) is 6.92 Å². The summed E-state index contributed by atoms with van der Waals surface area (Å²) in [6, 6.07) is 9.36. The van der Waals surface area contributed by atoms with Crippen molar-refractivity contribution in [2.75, 3.05) is 6.61 Å². The monoisotopic (exact) mass is 520 g/mol. The molecule has 2 aromatic carbocycles. The van der Waals surface area contributed by atoms with Gasteiger partial charge in [-0.15, -0.1) is 0 Å². The van der Waals surface area contributed by atoms with E-state index in [-0.39, 0.29) is 29.5 Å². The number of benzene rings is 2. The van der Waals surface area contributed by atoms with Gasteiger partial charge in [0.1, 0.15) is 6.61 Å². The largest absolute Gasteiger partial charge is 0.490 e. The van der Waals surface area contributed by atoms with Gasteiger partial charge in [0, 0.05) is 22.6 Å². The number of imide groups is 1. The molecule has 0 aromatic heterocycles. The Balaban J connectivity index is 1.84. The molecule has 0 unspecified atom stereocenters. The number of non-ortho nitro benzene ring substituents is 1. The second kappa shape index (κ2) is 10.2. The molecule has 0 bridgehead atoms. The third kappa shape index (κ3) is 5.31. The molecule has 0 saturated carbocycles. The number of carbonyl (C=O) groups is 2. The molecule has 1 aliphatic rings. The number of thioether (sulfide) groups is 1. The first-order valence-electron chi connectivity index (χ1n) is 9.80. The number of halogens is 1. The normalized spacial score (nSPS) is 15.0. The summed E-state index contributed by atoms with van der Waals surface area (Å²) in [5.41, 5.74) is 1.45. The zero-order valence-corrected chi connectivity index (χ0v) is 20.1. The molecular weight excluding hydrogens is 500 g/mol. The Bertz CT molecular complexity index is 1080. The molecule has 10 heteroatoms. The van der Waals surface area contributed by atoms with E-state index in [0.717, 1.165) is 17.3 Å². The average Bonchev–Trinajstić information content (AvgIpc) is 3.02. The number of rotatable bonds is 8. The third-order valence-corrected chi connectivity index (χ3v) is 6.10. The highest BCUT2D eigenvalue weighted by molar-refractivity contribution is 9.10. The molecule has 1 fully saturated rings. The van der Waals surface area contributed by atoms with Crippen molar-refractivity contribution < 1.29 is 24.0 Å². The molecule has 1 heterocycles. The first kappa shape index (κ1) is 23.8. The van der Waals surface area contributed by atoms with Crippen molar-refractivity contribution in [1.82, 2.24) is 4.90 Å². The minimum atomic E-state index is -0.455. The molecule has 2 aromatic rings. The number of amides is 2. The summed E-state index contributed by atoms with van der Waals surface area (Å²) in [6.07, 6.45) is 1.65. The molecule has 168 valence electrons. The zero-order valence-electron chi connectivity index (χ0n) is 17.7. The molecule has 2 amide bonds. The quantitative estimate of drug-likeness (QED) is 0.247. The second-order valence-corrected chi connectivity index (χ2v) is 8.96. The molecule has 0 radical (unpaired) electrons. The standard InChI is InChI=1S/C22H21BrN2O6S/c1-4-30-18-9-15(10-20-21(26)24(13(2)3)22(27)32-20)17(23)11-19(18)31-12-14-5-7-16(8-6-14)25(28)29/h5-11,13H,4,12H2,1-3H3/b20-10+. The lowest BCUT2D eigenvalue weighted by Gasteiger charge is -2.16.